The van der Waals surface area contributed by atoms with Crippen molar-refractivity contribution < 1.29 is 23.8 Å². The van der Waals surface area contributed by atoms with E-state index in [9.17, 15) is 9.59 Å². The van der Waals surface area contributed by atoms with Gasteiger partial charge in [-0.15, -0.1) is 0 Å². The summed E-state index contributed by atoms with van der Waals surface area (Å²) >= 11 is 6.01. The van der Waals surface area contributed by atoms with Crippen molar-refractivity contribution >= 4 is 34.9 Å². The predicted octanol–water partition coefficient (Wildman–Crippen LogP) is 2.91. The van der Waals surface area contributed by atoms with Gasteiger partial charge in [0.25, 0.3) is 5.91 Å². The maximum atomic E-state index is 12.8. The molecule has 7 nitrogen and oxygen atoms in total. The first kappa shape index (κ1) is 19.5. The maximum absolute atomic E-state index is 12.8. The van der Waals surface area contributed by atoms with Gasteiger partial charge in [-0.2, -0.15) is 0 Å². The zero-order chi connectivity index (χ0) is 20.4. The lowest BCUT2D eigenvalue weighted by atomic mass is 10.1. The average molecular weight is 417 g/mol. The number of ether oxygens (including phenoxy) is 3. The molecule has 0 bridgehead atoms. The summed E-state index contributed by atoms with van der Waals surface area (Å²) in [5.74, 6) is -0.204. The Kier molecular flexibility index (Phi) is 5.60. The highest BCUT2D eigenvalue weighted by Crippen LogP contribution is 2.32. The Morgan fingerprint density at radius 3 is 2.72 bits per heavy atom. The third-order valence-electron chi connectivity index (χ3n) is 5.03. The first-order chi connectivity index (χ1) is 14.0. The Balaban J connectivity index is 1.53. The van der Waals surface area contributed by atoms with Crippen molar-refractivity contribution in [1.82, 2.24) is 0 Å². The number of halogens is 1. The monoisotopic (exact) mass is 416 g/mol. The minimum atomic E-state index is -0.687. The van der Waals surface area contributed by atoms with Crippen LogP contribution in [0.5, 0.6) is 5.75 Å². The first-order valence-corrected chi connectivity index (χ1v) is 9.74. The molecule has 1 fully saturated rings. The Morgan fingerprint density at radius 1 is 1.17 bits per heavy atom. The van der Waals surface area contributed by atoms with E-state index in [0.717, 1.165) is 24.3 Å². The molecule has 2 aromatic carbocycles. The van der Waals surface area contributed by atoms with Gasteiger partial charge in [0.05, 0.1) is 31.6 Å². The van der Waals surface area contributed by atoms with E-state index < -0.39 is 12.1 Å². The number of methoxy groups -OCH3 is 1. The van der Waals surface area contributed by atoms with E-state index in [1.165, 1.54) is 7.11 Å². The Labute approximate surface area is 173 Å². The number of anilines is 2. The van der Waals surface area contributed by atoms with Gasteiger partial charge in [-0.3, -0.25) is 4.79 Å². The van der Waals surface area contributed by atoms with Crippen LogP contribution in [0.15, 0.2) is 36.4 Å². The quantitative estimate of drug-likeness (QED) is 0.772. The third kappa shape index (κ3) is 4.16. The van der Waals surface area contributed by atoms with E-state index in [-0.39, 0.29) is 5.91 Å². The lowest BCUT2D eigenvalue weighted by molar-refractivity contribution is -0.122. The molecule has 0 spiro atoms. The summed E-state index contributed by atoms with van der Waals surface area (Å²) < 4.78 is 16.0. The third-order valence-corrected chi connectivity index (χ3v) is 5.27. The Bertz CT molecular complexity index is 943. The van der Waals surface area contributed by atoms with Crippen LogP contribution in [0.2, 0.25) is 5.02 Å². The molecule has 2 aromatic rings. The van der Waals surface area contributed by atoms with Crippen molar-refractivity contribution in [2.45, 2.75) is 12.5 Å². The number of rotatable bonds is 4. The van der Waals surface area contributed by atoms with Crippen molar-refractivity contribution in [2.75, 3.05) is 43.6 Å². The normalized spacial score (nSPS) is 18.0. The highest BCUT2D eigenvalue weighted by molar-refractivity contribution is 6.30. The fourth-order valence-electron chi connectivity index (χ4n) is 3.51. The molecule has 2 aliphatic rings. The first-order valence-electron chi connectivity index (χ1n) is 9.36. The summed E-state index contributed by atoms with van der Waals surface area (Å²) in [6.07, 6.45) is -0.269. The SMILES string of the molecule is COC(=O)c1cc(N2CCOCC2)ccc1NC(=O)C1Cc2cc(Cl)ccc2O1. The van der Waals surface area contributed by atoms with Gasteiger partial charge in [-0.05, 0) is 42.0 Å². The van der Waals surface area contributed by atoms with Crippen LogP contribution in [0, 0.1) is 0 Å². The van der Waals surface area contributed by atoms with Gasteiger partial charge >= 0.3 is 5.97 Å². The molecule has 2 aliphatic heterocycles. The van der Waals surface area contributed by atoms with Gasteiger partial charge in [-0.1, -0.05) is 11.6 Å². The van der Waals surface area contributed by atoms with Crippen molar-refractivity contribution in [3.05, 3.63) is 52.5 Å². The number of fused-ring (bicyclic) bond motifs is 1. The molecule has 1 N–H and O–H groups in total. The number of benzene rings is 2. The van der Waals surface area contributed by atoms with Gasteiger partial charge in [0.1, 0.15) is 5.75 Å². The second kappa shape index (κ2) is 8.31. The molecule has 152 valence electrons. The molecular formula is C21H21ClN2O5. The minimum Gasteiger partial charge on any atom is -0.480 e. The average Bonchev–Trinajstić information content (AvgIpc) is 3.17. The van der Waals surface area contributed by atoms with Crippen LogP contribution >= 0.6 is 11.6 Å². The van der Waals surface area contributed by atoms with E-state index in [4.69, 9.17) is 25.8 Å². The van der Waals surface area contributed by atoms with Crippen LogP contribution in [0.4, 0.5) is 11.4 Å². The van der Waals surface area contributed by atoms with Crippen molar-refractivity contribution in [2.24, 2.45) is 0 Å². The fourth-order valence-corrected chi connectivity index (χ4v) is 3.71. The number of morpholine rings is 1. The zero-order valence-corrected chi connectivity index (χ0v) is 16.7. The van der Waals surface area contributed by atoms with Crippen LogP contribution in [0.1, 0.15) is 15.9 Å². The maximum Gasteiger partial charge on any atom is 0.340 e. The topological polar surface area (TPSA) is 77.1 Å². The molecule has 0 saturated carbocycles. The van der Waals surface area contributed by atoms with Crippen LogP contribution in [-0.4, -0.2) is 51.4 Å². The van der Waals surface area contributed by atoms with Crippen LogP contribution in [0.3, 0.4) is 0 Å². The van der Waals surface area contributed by atoms with Crippen LogP contribution < -0.4 is 15.0 Å². The molecule has 1 amide bonds. The van der Waals surface area contributed by atoms with Crippen LogP contribution in [0.25, 0.3) is 0 Å². The number of hydrogen-bond donors (Lipinski definition) is 1. The summed E-state index contributed by atoms with van der Waals surface area (Å²) in [5.41, 5.74) is 2.44. The van der Waals surface area contributed by atoms with E-state index in [0.29, 0.717) is 41.7 Å². The molecule has 1 saturated heterocycles. The highest BCUT2D eigenvalue weighted by atomic mass is 35.5. The van der Waals surface area contributed by atoms with Crippen molar-refractivity contribution in [3.63, 3.8) is 0 Å². The number of nitrogens with one attached hydrogen (secondary N) is 1. The highest BCUT2D eigenvalue weighted by Gasteiger charge is 2.30. The summed E-state index contributed by atoms with van der Waals surface area (Å²) in [6.45, 7) is 2.75. The Morgan fingerprint density at radius 2 is 1.97 bits per heavy atom. The van der Waals surface area contributed by atoms with Gasteiger partial charge in [0, 0.05) is 30.2 Å². The molecule has 8 heteroatoms. The van der Waals surface area contributed by atoms with Gasteiger partial charge in [0.2, 0.25) is 0 Å². The molecule has 4 rings (SSSR count). The van der Waals surface area contributed by atoms with Gasteiger partial charge < -0.3 is 24.4 Å². The molecular weight excluding hydrogens is 396 g/mol. The zero-order valence-electron chi connectivity index (χ0n) is 15.9. The second-order valence-electron chi connectivity index (χ2n) is 6.87. The standard InChI is InChI=1S/C21H21ClN2O5/c1-27-21(26)16-12-15(24-6-8-28-9-7-24)3-4-17(16)23-20(25)19-11-13-10-14(22)2-5-18(13)29-19/h2-5,10,12,19H,6-9,11H2,1H3,(H,23,25). The molecule has 1 unspecified atom stereocenters. The smallest absolute Gasteiger partial charge is 0.340 e. The molecule has 29 heavy (non-hydrogen) atoms. The van der Waals surface area contributed by atoms with E-state index in [1.807, 2.05) is 6.07 Å². The molecule has 2 heterocycles. The summed E-state index contributed by atoms with van der Waals surface area (Å²) in [4.78, 5) is 27.2. The lowest BCUT2D eigenvalue weighted by Crippen LogP contribution is -2.36. The van der Waals surface area contributed by atoms with Gasteiger partial charge in [0.15, 0.2) is 6.10 Å². The number of esters is 1. The number of nitrogens with zero attached hydrogens (tertiary/aromatic N) is 1. The fraction of sp³-hybridized carbons (Fsp3) is 0.333. The number of hydrogen-bond acceptors (Lipinski definition) is 6. The second-order valence-corrected chi connectivity index (χ2v) is 7.31. The number of carbonyl (C=O) groups is 2. The van der Waals surface area contributed by atoms with E-state index in [2.05, 4.69) is 10.2 Å². The Hall–Kier alpha value is -2.77. The van der Waals surface area contributed by atoms with E-state index in [1.54, 1.807) is 30.3 Å². The summed E-state index contributed by atoms with van der Waals surface area (Å²) in [6, 6.07) is 10.6. The predicted molar refractivity (Wildman–Crippen MR) is 109 cm³/mol. The van der Waals surface area contributed by atoms with Crippen LogP contribution in [-0.2, 0) is 20.7 Å². The molecule has 0 radical (unpaired) electrons. The largest absolute Gasteiger partial charge is 0.480 e. The number of amides is 1. The summed E-state index contributed by atoms with van der Waals surface area (Å²) in [5, 5.41) is 3.40. The molecule has 1 atom stereocenters. The van der Waals surface area contributed by atoms with E-state index >= 15 is 0 Å². The molecule has 0 aromatic heterocycles. The number of carbonyl (C=O) groups excluding carboxylic acids is 2. The van der Waals surface area contributed by atoms with Gasteiger partial charge in [-0.25, -0.2) is 4.79 Å². The van der Waals surface area contributed by atoms with Crippen molar-refractivity contribution in [3.8, 4) is 5.75 Å². The molecule has 0 aliphatic carbocycles. The summed E-state index contributed by atoms with van der Waals surface area (Å²) in [7, 11) is 1.32. The lowest BCUT2D eigenvalue weighted by Gasteiger charge is -2.29. The minimum absolute atomic E-state index is 0.295. The van der Waals surface area contributed by atoms with Crippen molar-refractivity contribution in [1.29, 1.82) is 0 Å².